The van der Waals surface area contributed by atoms with Crippen molar-refractivity contribution in [2.75, 3.05) is 13.1 Å². The molecule has 1 aliphatic heterocycles. The lowest BCUT2D eigenvalue weighted by atomic mass is 9.99. The molecule has 0 bridgehead atoms. The van der Waals surface area contributed by atoms with Crippen LogP contribution in [0.15, 0.2) is 0 Å². The Kier molecular flexibility index (Phi) is 11.3. The Balaban J connectivity index is 2.21. The van der Waals surface area contributed by atoms with E-state index in [1.807, 2.05) is 0 Å². The maximum Gasteiger partial charge on any atom is 0.0180 e. The van der Waals surface area contributed by atoms with Gasteiger partial charge in [0.05, 0.1) is 0 Å². The molecule has 0 aromatic heterocycles. The Morgan fingerprint density at radius 3 is 1.81 bits per heavy atom. The summed E-state index contributed by atoms with van der Waals surface area (Å²) in [7, 11) is 0. The number of nitrogens with two attached hydrogens (primary N) is 1. The predicted octanol–water partition coefficient (Wildman–Crippen LogP) is 5.11. The van der Waals surface area contributed by atoms with Gasteiger partial charge in [0.1, 0.15) is 0 Å². The normalized spacial score (nSPS) is 19.7. The van der Waals surface area contributed by atoms with Gasteiger partial charge >= 0.3 is 0 Å². The molecule has 0 spiro atoms. The number of rotatable bonds is 13. The van der Waals surface area contributed by atoms with E-state index < -0.39 is 0 Å². The number of nitrogens with zero attached hydrogens (tertiary/aromatic N) is 1. The van der Waals surface area contributed by atoms with Crippen molar-refractivity contribution in [1.29, 1.82) is 0 Å². The second-order valence-electron chi connectivity index (χ2n) is 7.10. The van der Waals surface area contributed by atoms with Crippen LogP contribution in [0.4, 0.5) is 0 Å². The molecule has 0 amide bonds. The summed E-state index contributed by atoms with van der Waals surface area (Å²) < 4.78 is 0. The van der Waals surface area contributed by atoms with Gasteiger partial charge in [0.25, 0.3) is 0 Å². The predicted molar refractivity (Wildman–Crippen MR) is 94.7 cm³/mol. The Bertz CT molecular complexity index is 216. The summed E-state index contributed by atoms with van der Waals surface area (Å²) in [6, 6.07) is 1.26. The molecule has 1 atom stereocenters. The highest BCUT2D eigenvalue weighted by Crippen LogP contribution is 2.22. The summed E-state index contributed by atoms with van der Waals surface area (Å²) in [4.78, 5) is 2.70. The van der Waals surface area contributed by atoms with Gasteiger partial charge in [0, 0.05) is 25.2 Å². The zero-order valence-electron chi connectivity index (χ0n) is 14.8. The van der Waals surface area contributed by atoms with E-state index in [0.717, 1.165) is 12.6 Å². The lowest BCUT2D eigenvalue weighted by Crippen LogP contribution is -2.35. The van der Waals surface area contributed by atoms with Crippen molar-refractivity contribution >= 4 is 0 Å². The van der Waals surface area contributed by atoms with E-state index >= 15 is 0 Å². The van der Waals surface area contributed by atoms with Gasteiger partial charge in [0.2, 0.25) is 0 Å². The van der Waals surface area contributed by atoms with Crippen molar-refractivity contribution in [2.24, 2.45) is 5.73 Å². The van der Waals surface area contributed by atoms with Crippen LogP contribution in [0.5, 0.6) is 0 Å². The van der Waals surface area contributed by atoms with E-state index in [0.29, 0.717) is 6.04 Å². The SMILES string of the molecule is CCCCCCCC(CCCCCCC)N1CC[C@H](N)C1. The van der Waals surface area contributed by atoms with E-state index in [1.165, 1.54) is 90.0 Å². The third-order valence-electron chi connectivity index (χ3n) is 5.05. The summed E-state index contributed by atoms with van der Waals surface area (Å²) >= 11 is 0. The Hall–Kier alpha value is -0.0800. The van der Waals surface area contributed by atoms with Gasteiger partial charge in [-0.05, 0) is 19.3 Å². The van der Waals surface area contributed by atoms with Crippen molar-refractivity contribution in [2.45, 2.75) is 109 Å². The topological polar surface area (TPSA) is 29.3 Å². The van der Waals surface area contributed by atoms with Crippen LogP contribution in [0.2, 0.25) is 0 Å². The van der Waals surface area contributed by atoms with Crippen LogP contribution in [-0.2, 0) is 0 Å². The molecule has 1 rings (SSSR count). The van der Waals surface area contributed by atoms with Crippen LogP contribution >= 0.6 is 0 Å². The zero-order chi connectivity index (χ0) is 15.3. The molecule has 0 aromatic rings. The Labute approximate surface area is 133 Å². The largest absolute Gasteiger partial charge is 0.326 e. The third kappa shape index (κ3) is 8.83. The van der Waals surface area contributed by atoms with Gasteiger partial charge in [-0.2, -0.15) is 0 Å². The Morgan fingerprint density at radius 2 is 1.38 bits per heavy atom. The van der Waals surface area contributed by atoms with Gasteiger partial charge in [-0.15, -0.1) is 0 Å². The minimum atomic E-state index is 0.438. The zero-order valence-corrected chi connectivity index (χ0v) is 14.8. The average Bonchev–Trinajstić information content (AvgIpc) is 2.91. The highest BCUT2D eigenvalue weighted by molar-refractivity contribution is 4.83. The van der Waals surface area contributed by atoms with Gasteiger partial charge in [0.15, 0.2) is 0 Å². The lowest BCUT2D eigenvalue weighted by Gasteiger charge is -2.28. The maximum atomic E-state index is 6.11. The molecule has 1 fully saturated rings. The minimum Gasteiger partial charge on any atom is -0.326 e. The fourth-order valence-corrected chi connectivity index (χ4v) is 3.62. The minimum absolute atomic E-state index is 0.438. The first kappa shape index (κ1) is 19.0. The number of unbranched alkanes of at least 4 members (excludes halogenated alkanes) is 8. The molecule has 2 N–H and O–H groups in total. The highest BCUT2D eigenvalue weighted by atomic mass is 15.2. The molecule has 1 aliphatic rings. The molecule has 0 aromatic carbocycles. The lowest BCUT2D eigenvalue weighted by molar-refractivity contribution is 0.207. The molecule has 0 radical (unpaired) electrons. The molecular weight excluding hydrogens is 256 g/mol. The van der Waals surface area contributed by atoms with E-state index in [1.54, 1.807) is 0 Å². The van der Waals surface area contributed by atoms with Gasteiger partial charge in [-0.25, -0.2) is 0 Å². The summed E-state index contributed by atoms with van der Waals surface area (Å²) in [5, 5.41) is 0. The summed E-state index contributed by atoms with van der Waals surface area (Å²) in [5.41, 5.74) is 6.11. The molecular formula is C19H40N2. The van der Waals surface area contributed by atoms with E-state index in [4.69, 9.17) is 5.73 Å². The number of hydrogen-bond acceptors (Lipinski definition) is 2. The van der Waals surface area contributed by atoms with Crippen molar-refractivity contribution in [3.8, 4) is 0 Å². The highest BCUT2D eigenvalue weighted by Gasteiger charge is 2.25. The fourth-order valence-electron chi connectivity index (χ4n) is 3.62. The first-order chi connectivity index (χ1) is 10.3. The van der Waals surface area contributed by atoms with Crippen LogP contribution in [-0.4, -0.2) is 30.1 Å². The van der Waals surface area contributed by atoms with Crippen LogP contribution in [0.25, 0.3) is 0 Å². The van der Waals surface area contributed by atoms with Crippen molar-refractivity contribution in [1.82, 2.24) is 4.90 Å². The Morgan fingerprint density at radius 1 is 0.857 bits per heavy atom. The number of hydrogen-bond donors (Lipinski definition) is 1. The molecule has 2 heteroatoms. The van der Waals surface area contributed by atoms with E-state index in [2.05, 4.69) is 18.7 Å². The van der Waals surface area contributed by atoms with Crippen molar-refractivity contribution in [3.63, 3.8) is 0 Å². The summed E-state index contributed by atoms with van der Waals surface area (Å²) in [6.07, 6.45) is 18.1. The van der Waals surface area contributed by atoms with Crippen LogP contribution in [0.1, 0.15) is 97.3 Å². The summed E-state index contributed by atoms with van der Waals surface area (Å²) in [6.45, 7) is 6.99. The monoisotopic (exact) mass is 296 g/mol. The number of likely N-dealkylation sites (tertiary alicyclic amines) is 1. The van der Waals surface area contributed by atoms with Gasteiger partial charge in [-0.1, -0.05) is 78.1 Å². The van der Waals surface area contributed by atoms with Crippen molar-refractivity contribution in [3.05, 3.63) is 0 Å². The average molecular weight is 297 g/mol. The summed E-state index contributed by atoms with van der Waals surface area (Å²) in [5.74, 6) is 0. The van der Waals surface area contributed by atoms with Crippen molar-refractivity contribution < 1.29 is 0 Å². The first-order valence-corrected chi connectivity index (χ1v) is 9.77. The molecule has 0 unspecified atom stereocenters. The van der Waals surface area contributed by atoms with Gasteiger partial charge < -0.3 is 5.73 Å². The standard InChI is InChI=1S/C19H40N2/c1-3-5-7-9-11-13-19(14-12-10-8-6-4-2)21-16-15-18(20)17-21/h18-19H,3-17,20H2,1-2H3/t18-/m0/s1. The van der Waals surface area contributed by atoms with Crippen LogP contribution in [0.3, 0.4) is 0 Å². The molecule has 126 valence electrons. The molecule has 21 heavy (non-hydrogen) atoms. The maximum absolute atomic E-state index is 6.11. The second-order valence-corrected chi connectivity index (χ2v) is 7.10. The van der Waals surface area contributed by atoms with Crippen LogP contribution in [0, 0.1) is 0 Å². The van der Waals surface area contributed by atoms with E-state index in [-0.39, 0.29) is 0 Å². The molecule has 0 saturated carbocycles. The molecule has 2 nitrogen and oxygen atoms in total. The van der Waals surface area contributed by atoms with Crippen LogP contribution < -0.4 is 5.73 Å². The quantitative estimate of drug-likeness (QED) is 0.479. The second kappa shape index (κ2) is 12.5. The van der Waals surface area contributed by atoms with Gasteiger partial charge in [-0.3, -0.25) is 4.90 Å². The molecule has 1 heterocycles. The first-order valence-electron chi connectivity index (χ1n) is 9.77. The molecule has 1 saturated heterocycles. The third-order valence-corrected chi connectivity index (χ3v) is 5.05. The molecule has 0 aliphatic carbocycles. The fraction of sp³-hybridized carbons (Fsp3) is 1.00. The smallest absolute Gasteiger partial charge is 0.0180 e. The van der Waals surface area contributed by atoms with E-state index in [9.17, 15) is 0 Å².